The predicted molar refractivity (Wildman–Crippen MR) is 86.9 cm³/mol. The van der Waals surface area contributed by atoms with Gasteiger partial charge in [-0.1, -0.05) is 0 Å². The lowest BCUT2D eigenvalue weighted by Crippen LogP contribution is -2.39. The molecule has 2 heterocycles. The Bertz CT molecular complexity index is 345. The number of carbonyl (C=O) groups is 2. The zero-order chi connectivity index (χ0) is 14.4. The molecule has 0 aromatic heterocycles. The maximum absolute atomic E-state index is 11.9. The topological polar surface area (TPSA) is 67.4 Å². The van der Waals surface area contributed by atoms with Gasteiger partial charge in [0.15, 0.2) is 0 Å². The van der Waals surface area contributed by atoms with Gasteiger partial charge in [0.05, 0.1) is 12.9 Å². The fourth-order valence-electron chi connectivity index (χ4n) is 3.15. The highest BCUT2D eigenvalue weighted by molar-refractivity contribution is 7.99. The van der Waals surface area contributed by atoms with Crippen molar-refractivity contribution in [1.29, 1.82) is 0 Å². The maximum Gasteiger partial charge on any atom is 0.315 e. The number of rotatable bonds is 7. The second kappa shape index (κ2) is 9.54. The highest BCUT2D eigenvalue weighted by Crippen LogP contribution is 2.32. The molecule has 2 N–H and O–H groups in total. The highest BCUT2D eigenvalue weighted by Gasteiger charge is 2.33. The van der Waals surface area contributed by atoms with Crippen molar-refractivity contribution in [2.45, 2.75) is 44.2 Å². The van der Waals surface area contributed by atoms with Gasteiger partial charge in [-0.25, -0.2) is 0 Å². The van der Waals surface area contributed by atoms with Crippen LogP contribution in [0.25, 0.3) is 0 Å². The molecule has 0 aromatic carbocycles. The molecule has 0 aliphatic carbocycles. The zero-order valence-electron chi connectivity index (χ0n) is 12.4. The van der Waals surface area contributed by atoms with E-state index in [2.05, 4.69) is 15.4 Å². The molecule has 0 saturated carbocycles. The third-order valence-electron chi connectivity index (χ3n) is 4.06. The van der Waals surface area contributed by atoms with Crippen molar-refractivity contribution in [2.75, 3.05) is 25.2 Å². The third kappa shape index (κ3) is 6.45. The Morgan fingerprint density at radius 3 is 2.57 bits per heavy atom. The fraction of sp³-hybridized carbons (Fsp3) is 0.857. The van der Waals surface area contributed by atoms with E-state index in [1.54, 1.807) is 0 Å². The number of thioether (sulfide) groups is 1. The van der Waals surface area contributed by atoms with Crippen LogP contribution in [0.4, 0.5) is 0 Å². The molecule has 1 amide bonds. The SMILES string of the molecule is COC(=O)CSCCNC(=O)CC1CC2CCC(C1)N2.Cl. The van der Waals surface area contributed by atoms with Crippen LogP contribution in [0.1, 0.15) is 32.1 Å². The molecular formula is C14H25ClN2O3S. The van der Waals surface area contributed by atoms with Crippen LogP contribution in [0.5, 0.6) is 0 Å². The average Bonchev–Trinajstić information content (AvgIpc) is 2.77. The van der Waals surface area contributed by atoms with E-state index < -0.39 is 0 Å². The minimum atomic E-state index is -0.216. The van der Waals surface area contributed by atoms with E-state index >= 15 is 0 Å². The molecule has 2 bridgehead atoms. The molecule has 2 aliphatic rings. The summed E-state index contributed by atoms with van der Waals surface area (Å²) in [5.74, 6) is 1.57. The highest BCUT2D eigenvalue weighted by atomic mass is 35.5. The van der Waals surface area contributed by atoms with Crippen LogP contribution >= 0.6 is 24.2 Å². The number of esters is 1. The second-order valence-electron chi connectivity index (χ2n) is 5.66. The molecule has 2 saturated heterocycles. The molecule has 0 spiro atoms. The summed E-state index contributed by atoms with van der Waals surface area (Å²) in [5, 5.41) is 6.53. The van der Waals surface area contributed by atoms with Crippen LogP contribution in [0.15, 0.2) is 0 Å². The van der Waals surface area contributed by atoms with Gasteiger partial charge in [0, 0.05) is 30.8 Å². The largest absolute Gasteiger partial charge is 0.468 e. The number of fused-ring (bicyclic) bond motifs is 2. The lowest BCUT2D eigenvalue weighted by Gasteiger charge is -2.28. The van der Waals surface area contributed by atoms with Gasteiger partial charge < -0.3 is 15.4 Å². The quantitative estimate of drug-likeness (QED) is 0.542. The van der Waals surface area contributed by atoms with Crippen LogP contribution < -0.4 is 10.6 Å². The third-order valence-corrected chi connectivity index (χ3v) is 4.99. The standard InChI is InChI=1S/C14H24N2O3S.ClH/c1-19-14(18)9-20-5-4-15-13(17)8-10-6-11-2-3-12(7-10)16-11;/h10-12,16H,2-9H2,1H3,(H,15,17);1H. The van der Waals surface area contributed by atoms with Crippen molar-refractivity contribution < 1.29 is 14.3 Å². The van der Waals surface area contributed by atoms with E-state index in [1.165, 1.54) is 31.7 Å². The number of hydrogen-bond donors (Lipinski definition) is 2. The van der Waals surface area contributed by atoms with Gasteiger partial charge >= 0.3 is 5.97 Å². The van der Waals surface area contributed by atoms with Gasteiger partial charge in [0.25, 0.3) is 0 Å². The number of piperidine rings is 1. The molecule has 2 unspecified atom stereocenters. The van der Waals surface area contributed by atoms with Crippen molar-refractivity contribution in [3.63, 3.8) is 0 Å². The molecule has 0 aromatic rings. The first kappa shape index (κ1) is 18.6. The molecule has 7 heteroatoms. The number of hydrogen-bond acceptors (Lipinski definition) is 5. The first-order valence-corrected chi connectivity index (χ1v) is 8.50. The molecule has 122 valence electrons. The second-order valence-corrected chi connectivity index (χ2v) is 6.76. The number of carbonyl (C=O) groups excluding carboxylic acids is 2. The Labute approximate surface area is 136 Å². The fourth-order valence-corrected chi connectivity index (χ4v) is 3.83. The van der Waals surface area contributed by atoms with Crippen LogP contribution in [-0.2, 0) is 14.3 Å². The molecule has 5 nitrogen and oxygen atoms in total. The van der Waals surface area contributed by atoms with E-state index in [4.69, 9.17) is 0 Å². The van der Waals surface area contributed by atoms with E-state index in [-0.39, 0.29) is 24.3 Å². The van der Waals surface area contributed by atoms with Crippen molar-refractivity contribution in [3.8, 4) is 0 Å². The molecule has 2 aliphatic heterocycles. The van der Waals surface area contributed by atoms with Gasteiger partial charge in [-0.2, -0.15) is 0 Å². The summed E-state index contributed by atoms with van der Waals surface area (Å²) in [6, 6.07) is 1.28. The minimum absolute atomic E-state index is 0. The first-order chi connectivity index (χ1) is 9.67. The number of methoxy groups -OCH3 is 1. The van der Waals surface area contributed by atoms with Crippen LogP contribution in [0, 0.1) is 5.92 Å². The Morgan fingerprint density at radius 2 is 1.95 bits per heavy atom. The number of nitrogens with one attached hydrogen (secondary N) is 2. The summed E-state index contributed by atoms with van der Waals surface area (Å²) in [6.45, 7) is 0.623. The van der Waals surface area contributed by atoms with Crippen LogP contribution in [0.2, 0.25) is 0 Å². The van der Waals surface area contributed by atoms with Crippen molar-refractivity contribution in [1.82, 2.24) is 10.6 Å². The van der Waals surface area contributed by atoms with Crippen molar-refractivity contribution >= 4 is 36.0 Å². The lowest BCUT2D eigenvalue weighted by molar-refractivity contribution is -0.137. The Kier molecular flexibility index (Phi) is 8.44. The van der Waals surface area contributed by atoms with Gasteiger partial charge in [-0.05, 0) is 31.6 Å². The summed E-state index contributed by atoms with van der Waals surface area (Å²) in [6.07, 6.45) is 5.47. The average molecular weight is 337 g/mol. The summed E-state index contributed by atoms with van der Waals surface area (Å²) < 4.78 is 4.55. The summed E-state index contributed by atoms with van der Waals surface area (Å²) >= 11 is 1.49. The van der Waals surface area contributed by atoms with E-state index in [1.807, 2.05) is 0 Å². The molecule has 21 heavy (non-hydrogen) atoms. The summed E-state index contributed by atoms with van der Waals surface area (Å²) in [4.78, 5) is 22.8. The smallest absolute Gasteiger partial charge is 0.315 e. The molecule has 2 fully saturated rings. The van der Waals surface area contributed by atoms with Gasteiger partial charge in [-0.3, -0.25) is 9.59 Å². The lowest BCUT2D eigenvalue weighted by atomic mass is 9.89. The van der Waals surface area contributed by atoms with Gasteiger partial charge in [0.2, 0.25) is 5.91 Å². The normalized spacial score (nSPS) is 26.8. The van der Waals surface area contributed by atoms with E-state index in [0.717, 1.165) is 18.6 Å². The van der Waals surface area contributed by atoms with Crippen molar-refractivity contribution in [2.24, 2.45) is 5.92 Å². The van der Waals surface area contributed by atoms with E-state index in [9.17, 15) is 9.59 Å². The summed E-state index contributed by atoms with van der Waals surface area (Å²) in [5.41, 5.74) is 0. The maximum atomic E-state index is 11.9. The zero-order valence-corrected chi connectivity index (χ0v) is 14.1. The summed E-state index contributed by atoms with van der Waals surface area (Å²) in [7, 11) is 1.39. The molecule has 2 atom stereocenters. The van der Waals surface area contributed by atoms with Crippen LogP contribution in [0.3, 0.4) is 0 Å². The number of halogens is 1. The van der Waals surface area contributed by atoms with Gasteiger partial charge in [0.1, 0.15) is 0 Å². The minimum Gasteiger partial charge on any atom is -0.468 e. The Hall–Kier alpha value is -0.460. The number of ether oxygens (including phenoxy) is 1. The first-order valence-electron chi connectivity index (χ1n) is 7.34. The molecular weight excluding hydrogens is 312 g/mol. The van der Waals surface area contributed by atoms with Gasteiger partial charge in [-0.15, -0.1) is 24.2 Å². The molecule has 0 radical (unpaired) electrons. The predicted octanol–water partition coefficient (Wildman–Crippen LogP) is 1.35. The Balaban J connectivity index is 0.00000220. The van der Waals surface area contributed by atoms with Crippen molar-refractivity contribution in [3.05, 3.63) is 0 Å². The molecule has 2 rings (SSSR count). The van der Waals surface area contributed by atoms with E-state index in [0.29, 0.717) is 36.7 Å². The monoisotopic (exact) mass is 336 g/mol. The number of amides is 1. The Morgan fingerprint density at radius 1 is 1.29 bits per heavy atom. The van der Waals surface area contributed by atoms with Crippen LogP contribution in [-0.4, -0.2) is 49.1 Å².